The Labute approximate surface area is 163 Å². The van der Waals surface area contributed by atoms with E-state index in [4.69, 9.17) is 4.74 Å². The summed E-state index contributed by atoms with van der Waals surface area (Å²) < 4.78 is 18.5. The minimum absolute atomic E-state index is 0.0488. The van der Waals surface area contributed by atoms with Crippen molar-refractivity contribution in [2.75, 3.05) is 26.2 Å². The number of ether oxygens (including phenoxy) is 1. The number of rotatable bonds is 7. The second-order valence-corrected chi connectivity index (χ2v) is 7.85. The van der Waals surface area contributed by atoms with E-state index >= 15 is 0 Å². The van der Waals surface area contributed by atoms with Gasteiger partial charge in [0.2, 0.25) is 5.91 Å². The molecule has 0 bridgehead atoms. The Kier molecular flexibility index (Phi) is 5.86. The van der Waals surface area contributed by atoms with Crippen LogP contribution < -0.4 is 10.1 Å². The number of benzene rings is 1. The van der Waals surface area contributed by atoms with Crippen molar-refractivity contribution >= 4 is 17.8 Å². The fourth-order valence-corrected chi connectivity index (χ4v) is 3.56. The maximum absolute atomic E-state index is 12.9. The summed E-state index contributed by atoms with van der Waals surface area (Å²) in [6, 6.07) is 5.46. The number of carbonyl (C=O) groups excluding carboxylic acids is 3. The first-order valence-corrected chi connectivity index (χ1v) is 9.56. The van der Waals surface area contributed by atoms with Gasteiger partial charge in [-0.2, -0.15) is 0 Å². The lowest BCUT2D eigenvalue weighted by atomic mass is 10.1. The Hall–Kier alpha value is -2.64. The molecule has 0 saturated carbocycles. The Morgan fingerprint density at radius 2 is 2.00 bits per heavy atom. The summed E-state index contributed by atoms with van der Waals surface area (Å²) in [5.74, 6) is 0.327. The molecule has 1 unspecified atom stereocenters. The third-order valence-electron chi connectivity index (χ3n) is 5.24. The summed E-state index contributed by atoms with van der Waals surface area (Å²) >= 11 is 0. The fourth-order valence-electron chi connectivity index (χ4n) is 3.56. The van der Waals surface area contributed by atoms with Gasteiger partial charge in [0.25, 0.3) is 5.91 Å². The van der Waals surface area contributed by atoms with Gasteiger partial charge in [-0.3, -0.25) is 14.5 Å². The molecule has 0 spiro atoms. The minimum atomic E-state index is -0.913. The number of likely N-dealkylation sites (tertiary alicyclic amines) is 1. The molecule has 3 rings (SSSR count). The SMILES string of the molecule is CC1(C)NC(=O)N(CCC(=O)N2CCC(CCOc3ccc(F)cc3)C2)C1=O. The minimum Gasteiger partial charge on any atom is -0.494 e. The molecule has 1 aromatic carbocycles. The lowest BCUT2D eigenvalue weighted by Crippen LogP contribution is -2.41. The van der Waals surface area contributed by atoms with Crippen LogP contribution in [0.3, 0.4) is 0 Å². The highest BCUT2D eigenvalue weighted by atomic mass is 19.1. The van der Waals surface area contributed by atoms with E-state index in [0.29, 0.717) is 31.4 Å². The predicted molar refractivity (Wildman–Crippen MR) is 100 cm³/mol. The number of hydrogen-bond acceptors (Lipinski definition) is 4. The molecule has 2 aliphatic heterocycles. The van der Waals surface area contributed by atoms with E-state index in [-0.39, 0.29) is 30.6 Å². The van der Waals surface area contributed by atoms with Crippen LogP contribution in [0.5, 0.6) is 5.75 Å². The molecule has 1 aromatic rings. The van der Waals surface area contributed by atoms with Gasteiger partial charge in [0.05, 0.1) is 6.61 Å². The number of imide groups is 1. The van der Waals surface area contributed by atoms with E-state index in [1.165, 1.54) is 12.1 Å². The molecule has 2 aliphatic rings. The summed E-state index contributed by atoms with van der Waals surface area (Å²) in [5.41, 5.74) is -0.913. The van der Waals surface area contributed by atoms with E-state index in [2.05, 4.69) is 5.32 Å². The van der Waals surface area contributed by atoms with Crippen LogP contribution >= 0.6 is 0 Å². The average Bonchev–Trinajstić information content (AvgIpc) is 3.18. The van der Waals surface area contributed by atoms with E-state index in [1.54, 1.807) is 30.9 Å². The third-order valence-corrected chi connectivity index (χ3v) is 5.24. The van der Waals surface area contributed by atoms with Crippen LogP contribution in [0.1, 0.15) is 33.1 Å². The highest BCUT2D eigenvalue weighted by Crippen LogP contribution is 2.22. The quantitative estimate of drug-likeness (QED) is 0.723. The maximum atomic E-state index is 12.9. The molecule has 0 aromatic heterocycles. The molecule has 1 N–H and O–H groups in total. The summed E-state index contributed by atoms with van der Waals surface area (Å²) in [7, 11) is 0. The first-order chi connectivity index (χ1) is 13.3. The van der Waals surface area contributed by atoms with Gasteiger partial charge in [0, 0.05) is 26.1 Å². The van der Waals surface area contributed by atoms with Gasteiger partial charge < -0.3 is 15.0 Å². The molecular weight excluding hydrogens is 365 g/mol. The highest BCUT2D eigenvalue weighted by molar-refractivity contribution is 6.06. The first kappa shape index (κ1) is 20.1. The molecule has 152 valence electrons. The van der Waals surface area contributed by atoms with Crippen molar-refractivity contribution in [3.63, 3.8) is 0 Å². The number of carbonyl (C=O) groups is 3. The molecule has 2 heterocycles. The summed E-state index contributed by atoms with van der Waals surface area (Å²) in [6.07, 6.45) is 1.84. The monoisotopic (exact) mass is 391 g/mol. The Morgan fingerprint density at radius 3 is 2.64 bits per heavy atom. The van der Waals surface area contributed by atoms with Gasteiger partial charge in [-0.25, -0.2) is 9.18 Å². The Bertz CT molecular complexity index is 750. The Morgan fingerprint density at radius 1 is 1.29 bits per heavy atom. The van der Waals surface area contributed by atoms with E-state index in [1.807, 2.05) is 0 Å². The van der Waals surface area contributed by atoms with Gasteiger partial charge in [-0.1, -0.05) is 0 Å². The molecule has 2 saturated heterocycles. The normalized spacial score (nSPS) is 21.2. The number of urea groups is 1. The van der Waals surface area contributed by atoms with Crippen LogP contribution in [0.25, 0.3) is 0 Å². The second kappa shape index (κ2) is 8.16. The van der Waals surface area contributed by atoms with Gasteiger partial charge in [0.15, 0.2) is 0 Å². The largest absolute Gasteiger partial charge is 0.494 e. The highest BCUT2D eigenvalue weighted by Gasteiger charge is 2.44. The zero-order valence-corrected chi connectivity index (χ0v) is 16.2. The molecule has 1 atom stereocenters. The first-order valence-electron chi connectivity index (χ1n) is 9.56. The molecule has 0 radical (unpaired) electrons. The standard InChI is InChI=1S/C20H26FN3O4/c1-20(2)18(26)24(19(27)22-20)11-8-17(25)23-10-7-14(13-23)9-12-28-16-5-3-15(21)4-6-16/h3-6,14H,7-13H2,1-2H3,(H,22,27). The van der Waals surface area contributed by atoms with Crippen LogP contribution in [0.15, 0.2) is 24.3 Å². The van der Waals surface area contributed by atoms with Crippen molar-refractivity contribution in [1.29, 1.82) is 0 Å². The van der Waals surface area contributed by atoms with Gasteiger partial charge in [0.1, 0.15) is 17.1 Å². The van der Waals surface area contributed by atoms with Crippen molar-refractivity contribution in [2.24, 2.45) is 5.92 Å². The van der Waals surface area contributed by atoms with E-state index < -0.39 is 11.6 Å². The molecule has 28 heavy (non-hydrogen) atoms. The molecule has 7 nitrogen and oxygen atoms in total. The van der Waals surface area contributed by atoms with Crippen molar-refractivity contribution in [3.8, 4) is 5.75 Å². The summed E-state index contributed by atoms with van der Waals surface area (Å²) in [5, 5.41) is 2.61. The Balaban J connectivity index is 1.39. The lowest BCUT2D eigenvalue weighted by Gasteiger charge is -2.19. The van der Waals surface area contributed by atoms with Crippen LogP contribution in [0.2, 0.25) is 0 Å². The van der Waals surface area contributed by atoms with Crippen LogP contribution in [0.4, 0.5) is 9.18 Å². The molecule has 0 aliphatic carbocycles. The van der Waals surface area contributed by atoms with E-state index in [0.717, 1.165) is 17.7 Å². The van der Waals surface area contributed by atoms with Crippen molar-refractivity contribution < 1.29 is 23.5 Å². The average molecular weight is 391 g/mol. The number of nitrogens with one attached hydrogen (secondary N) is 1. The zero-order valence-electron chi connectivity index (χ0n) is 16.2. The fraction of sp³-hybridized carbons (Fsp3) is 0.550. The van der Waals surface area contributed by atoms with Crippen LogP contribution in [-0.2, 0) is 9.59 Å². The van der Waals surface area contributed by atoms with Crippen molar-refractivity contribution in [3.05, 3.63) is 30.1 Å². The number of amides is 4. The number of hydrogen-bond donors (Lipinski definition) is 1. The number of halogens is 1. The van der Waals surface area contributed by atoms with Crippen LogP contribution in [0, 0.1) is 11.7 Å². The number of nitrogens with zero attached hydrogens (tertiary/aromatic N) is 2. The molecule has 8 heteroatoms. The molecule has 2 fully saturated rings. The summed E-state index contributed by atoms with van der Waals surface area (Å²) in [4.78, 5) is 39.4. The predicted octanol–water partition coefficient (Wildman–Crippen LogP) is 2.16. The molecule has 4 amide bonds. The van der Waals surface area contributed by atoms with Gasteiger partial charge in [-0.15, -0.1) is 0 Å². The van der Waals surface area contributed by atoms with E-state index in [9.17, 15) is 18.8 Å². The summed E-state index contributed by atoms with van der Waals surface area (Å²) in [6.45, 7) is 5.23. The lowest BCUT2D eigenvalue weighted by molar-refractivity contribution is -0.132. The van der Waals surface area contributed by atoms with Crippen LogP contribution in [-0.4, -0.2) is 59.4 Å². The third kappa shape index (κ3) is 4.61. The maximum Gasteiger partial charge on any atom is 0.325 e. The van der Waals surface area contributed by atoms with Crippen molar-refractivity contribution in [1.82, 2.24) is 15.1 Å². The smallest absolute Gasteiger partial charge is 0.325 e. The zero-order chi connectivity index (χ0) is 20.3. The second-order valence-electron chi connectivity index (χ2n) is 7.85. The topological polar surface area (TPSA) is 79.0 Å². The molecular formula is C20H26FN3O4. The van der Waals surface area contributed by atoms with Gasteiger partial charge >= 0.3 is 6.03 Å². The van der Waals surface area contributed by atoms with Crippen molar-refractivity contribution in [2.45, 2.75) is 38.6 Å². The van der Waals surface area contributed by atoms with Gasteiger partial charge in [-0.05, 0) is 56.9 Å².